The summed E-state index contributed by atoms with van der Waals surface area (Å²) in [7, 11) is 1.52. The first-order chi connectivity index (χ1) is 12.0. The third-order valence-electron chi connectivity index (χ3n) is 4.17. The van der Waals surface area contributed by atoms with Gasteiger partial charge in [-0.05, 0) is 0 Å². The summed E-state index contributed by atoms with van der Waals surface area (Å²) in [6, 6.07) is 4.64. The van der Waals surface area contributed by atoms with Crippen LogP contribution in [0.15, 0.2) is 36.9 Å². The van der Waals surface area contributed by atoms with E-state index < -0.39 is 17.0 Å². The summed E-state index contributed by atoms with van der Waals surface area (Å²) in [6.45, 7) is 0.174. The second kappa shape index (κ2) is 6.67. The lowest BCUT2D eigenvalue weighted by Crippen LogP contribution is -2.63. The minimum Gasteiger partial charge on any atom is -0.341 e. The first-order valence-corrected chi connectivity index (χ1v) is 7.59. The van der Waals surface area contributed by atoms with E-state index >= 15 is 0 Å². The molecule has 2 atom stereocenters. The number of nitrogens with one attached hydrogen (secondary N) is 1. The van der Waals surface area contributed by atoms with E-state index in [0.717, 1.165) is 0 Å². The van der Waals surface area contributed by atoms with Gasteiger partial charge >= 0.3 is 0 Å². The molecule has 0 saturated carbocycles. The van der Waals surface area contributed by atoms with Crippen molar-refractivity contribution in [1.29, 1.82) is 0 Å². The standard InChI is InChI=1S/C15H16N6O4/c1-19-13(6-10-4-2-3-5-12(10)21(24)25)14(22)18-11(15(19)23)7-20-9-16-8-17-20/h2-5,8-9,11,13H,6-7H2,1H3,(H,18,22). The summed E-state index contributed by atoms with van der Waals surface area (Å²) in [5, 5.41) is 17.7. The number of aromatic nitrogens is 3. The van der Waals surface area contributed by atoms with Crippen LogP contribution in [0.2, 0.25) is 0 Å². The summed E-state index contributed by atoms with van der Waals surface area (Å²) in [5.74, 6) is -0.635. The highest BCUT2D eigenvalue weighted by molar-refractivity contribution is 5.97. The quantitative estimate of drug-likeness (QED) is 0.589. The van der Waals surface area contributed by atoms with Gasteiger partial charge in [-0.15, -0.1) is 0 Å². The van der Waals surface area contributed by atoms with Gasteiger partial charge in [-0.25, -0.2) is 4.98 Å². The summed E-state index contributed by atoms with van der Waals surface area (Å²) < 4.78 is 1.46. The van der Waals surface area contributed by atoms with E-state index in [1.165, 1.54) is 35.4 Å². The molecular weight excluding hydrogens is 328 g/mol. The Morgan fingerprint density at radius 3 is 2.76 bits per heavy atom. The van der Waals surface area contributed by atoms with Gasteiger partial charge in [0.25, 0.3) is 5.69 Å². The van der Waals surface area contributed by atoms with Gasteiger partial charge in [-0.3, -0.25) is 24.4 Å². The number of likely N-dealkylation sites (N-methyl/N-ethyl adjacent to an activating group) is 1. The molecular formula is C15H16N6O4. The normalized spacial score (nSPS) is 20.4. The minimum atomic E-state index is -0.805. The van der Waals surface area contributed by atoms with E-state index in [9.17, 15) is 19.7 Å². The number of benzene rings is 1. The summed E-state index contributed by atoms with van der Waals surface area (Å²) in [6.07, 6.45) is 2.87. The highest BCUT2D eigenvalue weighted by Crippen LogP contribution is 2.22. The first-order valence-electron chi connectivity index (χ1n) is 7.59. The van der Waals surface area contributed by atoms with Crippen molar-refractivity contribution in [1.82, 2.24) is 25.0 Å². The second-order valence-corrected chi connectivity index (χ2v) is 5.73. The molecule has 1 saturated heterocycles. The van der Waals surface area contributed by atoms with Crippen molar-refractivity contribution in [3.8, 4) is 0 Å². The Bertz CT molecular complexity index is 806. The number of hydrogen-bond acceptors (Lipinski definition) is 6. The van der Waals surface area contributed by atoms with Crippen LogP contribution in [0.3, 0.4) is 0 Å². The number of amides is 2. The van der Waals surface area contributed by atoms with Crippen molar-refractivity contribution in [3.63, 3.8) is 0 Å². The fraction of sp³-hybridized carbons (Fsp3) is 0.333. The van der Waals surface area contributed by atoms with Crippen molar-refractivity contribution in [2.75, 3.05) is 7.05 Å². The number of nitrogens with zero attached hydrogens (tertiary/aromatic N) is 5. The van der Waals surface area contributed by atoms with Crippen LogP contribution in [-0.4, -0.2) is 55.5 Å². The highest BCUT2D eigenvalue weighted by atomic mass is 16.6. The van der Waals surface area contributed by atoms with E-state index in [1.807, 2.05) is 0 Å². The molecule has 2 amide bonds. The van der Waals surface area contributed by atoms with Crippen LogP contribution in [-0.2, 0) is 22.6 Å². The van der Waals surface area contributed by atoms with Crippen LogP contribution in [0.25, 0.3) is 0 Å². The van der Waals surface area contributed by atoms with Crippen molar-refractivity contribution >= 4 is 17.5 Å². The summed E-state index contributed by atoms with van der Waals surface area (Å²) in [4.78, 5) is 40.8. The molecule has 0 radical (unpaired) electrons. The number of carbonyl (C=O) groups excluding carboxylic acids is 2. The lowest BCUT2D eigenvalue weighted by molar-refractivity contribution is -0.385. The van der Waals surface area contributed by atoms with Crippen LogP contribution < -0.4 is 5.32 Å². The largest absolute Gasteiger partial charge is 0.341 e. The van der Waals surface area contributed by atoms with Gasteiger partial charge in [0, 0.05) is 25.1 Å². The zero-order valence-corrected chi connectivity index (χ0v) is 13.4. The third-order valence-corrected chi connectivity index (χ3v) is 4.17. The molecule has 2 aromatic rings. The van der Waals surface area contributed by atoms with Crippen LogP contribution in [0, 0.1) is 10.1 Å². The molecule has 1 aromatic carbocycles. The molecule has 1 aromatic heterocycles. The zero-order chi connectivity index (χ0) is 18.0. The third kappa shape index (κ3) is 3.32. The first kappa shape index (κ1) is 16.6. The Hall–Kier alpha value is -3.30. The zero-order valence-electron chi connectivity index (χ0n) is 13.4. The van der Waals surface area contributed by atoms with Crippen LogP contribution in [0.4, 0.5) is 5.69 Å². The number of piperazine rings is 1. The molecule has 0 bridgehead atoms. The van der Waals surface area contributed by atoms with Crippen molar-refractivity contribution in [2.45, 2.75) is 25.0 Å². The average molecular weight is 344 g/mol. The second-order valence-electron chi connectivity index (χ2n) is 5.73. The van der Waals surface area contributed by atoms with Gasteiger partial charge in [0.15, 0.2) is 0 Å². The lowest BCUT2D eigenvalue weighted by atomic mass is 9.99. The predicted octanol–water partition coefficient (Wildman–Crippen LogP) is -0.246. The number of nitro groups is 1. The van der Waals surface area contributed by atoms with Gasteiger partial charge in [0.2, 0.25) is 11.8 Å². The van der Waals surface area contributed by atoms with E-state index in [2.05, 4.69) is 15.4 Å². The van der Waals surface area contributed by atoms with E-state index in [0.29, 0.717) is 5.56 Å². The molecule has 130 valence electrons. The predicted molar refractivity (Wildman–Crippen MR) is 85.3 cm³/mol. The maximum absolute atomic E-state index is 12.5. The number of nitro benzene ring substituents is 1. The van der Waals surface area contributed by atoms with Crippen LogP contribution in [0.1, 0.15) is 5.56 Å². The highest BCUT2D eigenvalue weighted by Gasteiger charge is 2.39. The van der Waals surface area contributed by atoms with E-state index in [4.69, 9.17) is 0 Å². The smallest absolute Gasteiger partial charge is 0.272 e. The Labute approximate surface area is 142 Å². The molecule has 1 fully saturated rings. The molecule has 2 heterocycles. The molecule has 0 spiro atoms. The molecule has 1 N–H and O–H groups in total. The monoisotopic (exact) mass is 344 g/mol. The Kier molecular flexibility index (Phi) is 4.42. The Morgan fingerprint density at radius 2 is 2.08 bits per heavy atom. The SMILES string of the molecule is CN1C(=O)C(Cn2cncn2)NC(=O)C1Cc1ccccc1[N+](=O)[O-]. The van der Waals surface area contributed by atoms with Gasteiger partial charge in [0.1, 0.15) is 24.7 Å². The molecule has 1 aliphatic rings. The van der Waals surface area contributed by atoms with Gasteiger partial charge < -0.3 is 10.2 Å². The Balaban J connectivity index is 1.77. The van der Waals surface area contributed by atoms with Crippen molar-refractivity contribution in [3.05, 3.63) is 52.6 Å². The summed E-state index contributed by atoms with van der Waals surface area (Å²) >= 11 is 0. The summed E-state index contributed by atoms with van der Waals surface area (Å²) in [5.41, 5.74) is 0.336. The van der Waals surface area contributed by atoms with E-state index in [-0.39, 0.29) is 30.5 Å². The molecule has 0 aliphatic carbocycles. The maximum atomic E-state index is 12.5. The number of carbonyl (C=O) groups is 2. The minimum absolute atomic E-state index is 0.0686. The van der Waals surface area contributed by atoms with Gasteiger partial charge in [-0.1, -0.05) is 18.2 Å². The van der Waals surface area contributed by atoms with Crippen molar-refractivity contribution in [2.24, 2.45) is 0 Å². The maximum Gasteiger partial charge on any atom is 0.272 e. The van der Waals surface area contributed by atoms with Gasteiger partial charge in [-0.2, -0.15) is 5.10 Å². The number of rotatable bonds is 5. The topological polar surface area (TPSA) is 123 Å². The number of para-hydroxylation sites is 1. The molecule has 25 heavy (non-hydrogen) atoms. The van der Waals surface area contributed by atoms with Crippen LogP contribution >= 0.6 is 0 Å². The van der Waals surface area contributed by atoms with E-state index in [1.54, 1.807) is 18.2 Å². The molecule has 10 heteroatoms. The molecule has 1 aliphatic heterocycles. The van der Waals surface area contributed by atoms with Gasteiger partial charge in [0.05, 0.1) is 11.5 Å². The Morgan fingerprint density at radius 1 is 1.32 bits per heavy atom. The molecule has 10 nitrogen and oxygen atoms in total. The number of hydrogen-bond donors (Lipinski definition) is 1. The fourth-order valence-electron chi connectivity index (χ4n) is 2.84. The molecule has 3 rings (SSSR count). The van der Waals surface area contributed by atoms with Crippen LogP contribution in [0.5, 0.6) is 0 Å². The average Bonchev–Trinajstić information content (AvgIpc) is 3.09. The fourth-order valence-corrected chi connectivity index (χ4v) is 2.84. The molecule has 2 unspecified atom stereocenters. The van der Waals surface area contributed by atoms with Crippen molar-refractivity contribution < 1.29 is 14.5 Å². The lowest BCUT2D eigenvalue weighted by Gasteiger charge is -2.36.